The second kappa shape index (κ2) is 4.98. The summed E-state index contributed by atoms with van der Waals surface area (Å²) < 4.78 is 5.44. The molecule has 18 heavy (non-hydrogen) atoms. The van der Waals surface area contributed by atoms with Crippen LogP contribution in [0.15, 0.2) is 48.7 Å². The lowest BCUT2D eigenvalue weighted by Crippen LogP contribution is -1.91. The summed E-state index contributed by atoms with van der Waals surface area (Å²) >= 11 is 0. The number of terminal acetylenes is 1. The molecular formula is C17H16O. The van der Waals surface area contributed by atoms with Crippen LogP contribution in [0.25, 0.3) is 10.8 Å². The molecule has 0 unspecified atom stereocenters. The van der Waals surface area contributed by atoms with Crippen LogP contribution in [0.3, 0.4) is 0 Å². The smallest absolute Gasteiger partial charge is 0.169 e. The molecule has 1 nitrogen and oxygen atoms in total. The highest BCUT2D eigenvalue weighted by Gasteiger charge is 2.03. The normalized spacial score (nSPS) is 10.3. The lowest BCUT2D eigenvalue weighted by Gasteiger charge is -2.09. The molecule has 0 aliphatic heterocycles. The molecule has 0 aromatic heterocycles. The minimum absolute atomic E-state index is 0.328. The molecule has 0 aliphatic carbocycles. The standard InChI is InChI=1S/C17H16O/c1-5-13(4)18-17-9-8-14-6-7-15(12(2)3)10-16(14)11-17/h1,6-12H,4H2,2-3H3. The maximum absolute atomic E-state index is 5.44. The molecule has 0 fully saturated rings. The third-order valence-electron chi connectivity index (χ3n) is 2.90. The van der Waals surface area contributed by atoms with E-state index in [1.807, 2.05) is 18.2 Å². The van der Waals surface area contributed by atoms with Gasteiger partial charge in [-0.15, -0.1) is 6.42 Å². The summed E-state index contributed by atoms with van der Waals surface area (Å²) in [6, 6.07) is 12.4. The van der Waals surface area contributed by atoms with Gasteiger partial charge in [0.15, 0.2) is 5.76 Å². The van der Waals surface area contributed by atoms with Crippen molar-refractivity contribution in [2.45, 2.75) is 19.8 Å². The van der Waals surface area contributed by atoms with Gasteiger partial charge in [-0.25, -0.2) is 0 Å². The number of hydrogen-bond donors (Lipinski definition) is 0. The van der Waals surface area contributed by atoms with Crippen molar-refractivity contribution in [2.75, 3.05) is 0 Å². The lowest BCUT2D eigenvalue weighted by atomic mass is 9.99. The maximum atomic E-state index is 5.44. The molecule has 1 heteroatoms. The highest BCUT2D eigenvalue weighted by atomic mass is 16.5. The fourth-order valence-electron chi connectivity index (χ4n) is 1.84. The Kier molecular flexibility index (Phi) is 3.39. The Balaban J connectivity index is 2.43. The number of allylic oxidation sites excluding steroid dienone is 1. The second-order valence-electron chi connectivity index (χ2n) is 4.59. The molecule has 0 saturated heterocycles. The molecule has 0 spiro atoms. The van der Waals surface area contributed by atoms with E-state index in [0.717, 1.165) is 11.1 Å². The van der Waals surface area contributed by atoms with Crippen molar-refractivity contribution < 1.29 is 4.74 Å². The van der Waals surface area contributed by atoms with E-state index >= 15 is 0 Å². The van der Waals surface area contributed by atoms with Gasteiger partial charge in [-0.2, -0.15) is 0 Å². The summed E-state index contributed by atoms with van der Waals surface area (Å²) in [6.07, 6.45) is 5.22. The van der Waals surface area contributed by atoms with Crippen LogP contribution in [0.1, 0.15) is 25.3 Å². The summed E-state index contributed by atoms with van der Waals surface area (Å²) in [5, 5.41) is 2.35. The van der Waals surface area contributed by atoms with E-state index < -0.39 is 0 Å². The van der Waals surface area contributed by atoms with E-state index in [4.69, 9.17) is 11.2 Å². The molecule has 2 aromatic rings. The van der Waals surface area contributed by atoms with Crippen LogP contribution < -0.4 is 4.74 Å². The maximum Gasteiger partial charge on any atom is 0.169 e. The van der Waals surface area contributed by atoms with Crippen LogP contribution in [0.4, 0.5) is 0 Å². The first kappa shape index (κ1) is 12.3. The van der Waals surface area contributed by atoms with Gasteiger partial charge in [0.05, 0.1) is 0 Å². The Morgan fingerprint density at radius 1 is 1.17 bits per heavy atom. The number of rotatable bonds is 3. The van der Waals surface area contributed by atoms with Gasteiger partial charge < -0.3 is 4.74 Å². The third-order valence-corrected chi connectivity index (χ3v) is 2.90. The minimum Gasteiger partial charge on any atom is -0.449 e. The molecule has 0 heterocycles. The Bertz CT molecular complexity index is 630. The zero-order valence-electron chi connectivity index (χ0n) is 10.7. The molecule has 2 aromatic carbocycles. The number of ether oxygens (including phenoxy) is 1. The lowest BCUT2D eigenvalue weighted by molar-refractivity contribution is 0.453. The predicted molar refractivity (Wildman–Crippen MR) is 76.6 cm³/mol. The van der Waals surface area contributed by atoms with Crippen molar-refractivity contribution in [3.05, 3.63) is 54.3 Å². The average molecular weight is 236 g/mol. The highest BCUT2D eigenvalue weighted by Crippen LogP contribution is 2.25. The summed E-state index contributed by atoms with van der Waals surface area (Å²) in [4.78, 5) is 0. The topological polar surface area (TPSA) is 9.23 Å². The van der Waals surface area contributed by atoms with Crippen molar-refractivity contribution in [3.8, 4) is 18.1 Å². The van der Waals surface area contributed by atoms with Gasteiger partial charge in [-0.05, 0) is 46.9 Å². The molecule has 2 rings (SSSR count). The zero-order chi connectivity index (χ0) is 13.1. The Hall–Kier alpha value is -2.20. The Morgan fingerprint density at radius 2 is 1.89 bits per heavy atom. The molecule has 90 valence electrons. The predicted octanol–water partition coefficient (Wildman–Crippen LogP) is 4.49. The summed E-state index contributed by atoms with van der Waals surface area (Å²) in [5.41, 5.74) is 1.32. The van der Waals surface area contributed by atoms with Gasteiger partial charge in [0.25, 0.3) is 0 Å². The summed E-state index contributed by atoms with van der Waals surface area (Å²) in [7, 11) is 0. The summed E-state index contributed by atoms with van der Waals surface area (Å²) in [6.45, 7) is 8.00. The third kappa shape index (κ3) is 2.55. The van der Waals surface area contributed by atoms with Crippen LogP contribution in [0.2, 0.25) is 0 Å². The van der Waals surface area contributed by atoms with Crippen LogP contribution >= 0.6 is 0 Å². The first-order valence-corrected chi connectivity index (χ1v) is 5.97. The molecule has 0 N–H and O–H groups in total. The van der Waals surface area contributed by atoms with E-state index in [9.17, 15) is 0 Å². The van der Waals surface area contributed by atoms with Crippen LogP contribution in [0, 0.1) is 12.3 Å². The van der Waals surface area contributed by atoms with Crippen LogP contribution in [0.5, 0.6) is 5.75 Å². The van der Waals surface area contributed by atoms with Gasteiger partial charge in [-0.1, -0.05) is 38.1 Å². The number of hydrogen-bond acceptors (Lipinski definition) is 1. The van der Waals surface area contributed by atoms with E-state index in [1.165, 1.54) is 10.9 Å². The van der Waals surface area contributed by atoms with Crippen molar-refractivity contribution in [2.24, 2.45) is 0 Å². The fraction of sp³-hybridized carbons (Fsp3) is 0.176. The quantitative estimate of drug-likeness (QED) is 0.563. The van der Waals surface area contributed by atoms with Crippen molar-refractivity contribution in [1.29, 1.82) is 0 Å². The fourth-order valence-corrected chi connectivity index (χ4v) is 1.84. The second-order valence-corrected chi connectivity index (χ2v) is 4.59. The Labute approximate surface area is 108 Å². The van der Waals surface area contributed by atoms with Gasteiger partial charge in [-0.3, -0.25) is 0 Å². The summed E-state index contributed by atoms with van der Waals surface area (Å²) in [5.74, 6) is 3.94. The monoisotopic (exact) mass is 236 g/mol. The van der Waals surface area contributed by atoms with Gasteiger partial charge in [0.1, 0.15) is 5.75 Å². The number of benzene rings is 2. The van der Waals surface area contributed by atoms with E-state index in [-0.39, 0.29) is 0 Å². The van der Waals surface area contributed by atoms with E-state index in [1.54, 1.807) is 0 Å². The van der Waals surface area contributed by atoms with Gasteiger partial charge >= 0.3 is 0 Å². The Morgan fingerprint density at radius 3 is 2.56 bits per heavy atom. The zero-order valence-corrected chi connectivity index (χ0v) is 10.7. The van der Waals surface area contributed by atoms with Gasteiger partial charge in [0.2, 0.25) is 0 Å². The number of fused-ring (bicyclic) bond motifs is 1. The molecule has 0 radical (unpaired) electrons. The molecule has 0 bridgehead atoms. The highest BCUT2D eigenvalue weighted by molar-refractivity contribution is 5.84. The van der Waals surface area contributed by atoms with Gasteiger partial charge in [0, 0.05) is 0 Å². The average Bonchev–Trinajstić information content (AvgIpc) is 2.37. The van der Waals surface area contributed by atoms with Crippen molar-refractivity contribution in [1.82, 2.24) is 0 Å². The molecule has 0 atom stereocenters. The van der Waals surface area contributed by atoms with E-state index in [0.29, 0.717) is 11.7 Å². The molecule has 0 aliphatic rings. The minimum atomic E-state index is 0.328. The van der Waals surface area contributed by atoms with Crippen molar-refractivity contribution >= 4 is 10.8 Å². The molecule has 0 saturated carbocycles. The SMILES string of the molecule is C#CC(=C)Oc1ccc2ccc(C(C)C)cc2c1. The van der Waals surface area contributed by atoms with Crippen LogP contribution in [-0.2, 0) is 0 Å². The first-order valence-electron chi connectivity index (χ1n) is 5.97. The van der Waals surface area contributed by atoms with Crippen molar-refractivity contribution in [3.63, 3.8) is 0 Å². The molecular weight excluding hydrogens is 220 g/mol. The van der Waals surface area contributed by atoms with Crippen LogP contribution in [-0.4, -0.2) is 0 Å². The van der Waals surface area contributed by atoms with E-state index in [2.05, 4.69) is 44.5 Å². The first-order chi connectivity index (χ1) is 8.60. The largest absolute Gasteiger partial charge is 0.449 e. The molecule has 0 amide bonds.